The lowest BCUT2D eigenvalue weighted by Gasteiger charge is -2.33. The molecule has 0 spiro atoms. The fraction of sp³-hybridized carbons (Fsp3) is 0.684. The maximum Gasteiger partial charge on any atom is 0.273 e. The fourth-order valence-electron chi connectivity index (χ4n) is 4.42. The van der Waals surface area contributed by atoms with E-state index in [0.29, 0.717) is 44.2 Å². The molecule has 0 bridgehead atoms. The van der Waals surface area contributed by atoms with Gasteiger partial charge in [0.2, 0.25) is 11.8 Å². The van der Waals surface area contributed by atoms with Gasteiger partial charge >= 0.3 is 0 Å². The van der Waals surface area contributed by atoms with E-state index >= 15 is 0 Å². The third-order valence-electron chi connectivity index (χ3n) is 6.01. The zero-order chi connectivity index (χ0) is 18.8. The molecule has 1 unspecified atom stereocenters. The summed E-state index contributed by atoms with van der Waals surface area (Å²) in [7, 11) is 0. The molecule has 8 heteroatoms. The zero-order valence-electron chi connectivity index (χ0n) is 15.5. The lowest BCUT2D eigenvalue weighted by Crippen LogP contribution is -2.42. The molecule has 0 aromatic carbocycles. The molecule has 0 aliphatic carbocycles. The van der Waals surface area contributed by atoms with E-state index in [9.17, 15) is 14.4 Å². The number of nitrogens with zero attached hydrogens (tertiary/aromatic N) is 4. The van der Waals surface area contributed by atoms with E-state index in [0.717, 1.165) is 38.8 Å². The molecule has 146 valence electrons. The molecule has 1 aromatic rings. The minimum atomic E-state index is -0.165. The highest BCUT2D eigenvalue weighted by molar-refractivity contribution is 7.07. The van der Waals surface area contributed by atoms with Crippen molar-refractivity contribution in [3.8, 4) is 0 Å². The number of rotatable bonds is 4. The Balaban J connectivity index is 1.26. The second-order valence-corrected chi connectivity index (χ2v) is 8.56. The molecule has 3 aliphatic heterocycles. The standard InChI is InChI=1S/C19H26N4O3S/c24-17-9-15(18(25)21-5-1-2-6-21)11-23(17)10-14-3-7-22(8-4-14)19(26)16-12-27-13-20-16/h12-15H,1-11H2. The summed E-state index contributed by atoms with van der Waals surface area (Å²) < 4.78 is 0. The van der Waals surface area contributed by atoms with Crippen molar-refractivity contribution in [3.63, 3.8) is 0 Å². The average molecular weight is 391 g/mol. The molecule has 1 aromatic heterocycles. The van der Waals surface area contributed by atoms with Crippen LogP contribution in [0.1, 0.15) is 42.6 Å². The first-order valence-corrected chi connectivity index (χ1v) is 10.8. The molecule has 0 saturated carbocycles. The molecule has 4 heterocycles. The number of amides is 3. The molecule has 3 saturated heterocycles. The van der Waals surface area contributed by atoms with Crippen LogP contribution in [-0.2, 0) is 9.59 Å². The van der Waals surface area contributed by atoms with Crippen LogP contribution in [0.3, 0.4) is 0 Å². The number of likely N-dealkylation sites (tertiary alicyclic amines) is 3. The Hall–Kier alpha value is -1.96. The zero-order valence-corrected chi connectivity index (χ0v) is 16.3. The van der Waals surface area contributed by atoms with Crippen LogP contribution in [0.4, 0.5) is 0 Å². The summed E-state index contributed by atoms with van der Waals surface area (Å²) in [6.07, 6.45) is 4.30. The molecule has 27 heavy (non-hydrogen) atoms. The first-order chi connectivity index (χ1) is 13.1. The normalized spacial score (nSPS) is 24.1. The minimum Gasteiger partial charge on any atom is -0.342 e. The molecule has 0 N–H and O–H groups in total. The van der Waals surface area contributed by atoms with E-state index in [-0.39, 0.29) is 23.6 Å². The van der Waals surface area contributed by atoms with E-state index in [1.54, 1.807) is 10.9 Å². The van der Waals surface area contributed by atoms with Crippen LogP contribution in [0.25, 0.3) is 0 Å². The Bertz CT molecular complexity index is 694. The van der Waals surface area contributed by atoms with Crippen LogP contribution >= 0.6 is 11.3 Å². The van der Waals surface area contributed by atoms with Gasteiger partial charge < -0.3 is 14.7 Å². The third-order valence-corrected chi connectivity index (χ3v) is 6.60. The molecule has 7 nitrogen and oxygen atoms in total. The Labute approximate surface area is 163 Å². The van der Waals surface area contributed by atoms with E-state index in [1.165, 1.54) is 11.3 Å². The van der Waals surface area contributed by atoms with Crippen molar-refractivity contribution in [1.82, 2.24) is 19.7 Å². The maximum atomic E-state index is 12.6. The first kappa shape index (κ1) is 18.4. The molecule has 4 rings (SSSR count). The number of carbonyl (C=O) groups is 3. The van der Waals surface area contributed by atoms with Crippen LogP contribution in [0.5, 0.6) is 0 Å². The van der Waals surface area contributed by atoms with Gasteiger partial charge in [0.1, 0.15) is 5.69 Å². The van der Waals surface area contributed by atoms with Crippen LogP contribution < -0.4 is 0 Å². The first-order valence-electron chi connectivity index (χ1n) is 9.86. The monoisotopic (exact) mass is 390 g/mol. The second-order valence-electron chi connectivity index (χ2n) is 7.84. The van der Waals surface area contributed by atoms with Crippen molar-refractivity contribution in [2.24, 2.45) is 11.8 Å². The molecular formula is C19H26N4O3S. The number of hydrogen-bond donors (Lipinski definition) is 0. The van der Waals surface area contributed by atoms with Gasteiger partial charge in [0, 0.05) is 51.1 Å². The van der Waals surface area contributed by atoms with Gasteiger partial charge in [-0.1, -0.05) is 0 Å². The van der Waals surface area contributed by atoms with Crippen molar-refractivity contribution in [2.75, 3.05) is 39.3 Å². The average Bonchev–Trinajstić information content (AvgIpc) is 3.44. The van der Waals surface area contributed by atoms with Crippen LogP contribution in [0, 0.1) is 11.8 Å². The second kappa shape index (κ2) is 7.96. The Morgan fingerprint density at radius 1 is 1.11 bits per heavy atom. The summed E-state index contributed by atoms with van der Waals surface area (Å²) in [6.45, 7) is 4.37. The summed E-state index contributed by atoms with van der Waals surface area (Å²) in [5.41, 5.74) is 2.20. The highest BCUT2D eigenvalue weighted by atomic mass is 32.1. The summed E-state index contributed by atoms with van der Waals surface area (Å²) >= 11 is 1.43. The van der Waals surface area contributed by atoms with Crippen molar-refractivity contribution in [1.29, 1.82) is 0 Å². The van der Waals surface area contributed by atoms with Gasteiger partial charge in [0.05, 0.1) is 11.4 Å². The molecule has 1 atom stereocenters. The van der Waals surface area contributed by atoms with Crippen LogP contribution in [0.2, 0.25) is 0 Å². The fourth-order valence-corrected chi connectivity index (χ4v) is 4.95. The predicted octanol–water partition coefficient (Wildman–Crippen LogP) is 1.47. The van der Waals surface area contributed by atoms with E-state index in [2.05, 4.69) is 4.98 Å². The van der Waals surface area contributed by atoms with Gasteiger partial charge in [-0.25, -0.2) is 4.98 Å². The highest BCUT2D eigenvalue weighted by Crippen LogP contribution is 2.26. The Kier molecular flexibility index (Phi) is 5.43. The largest absolute Gasteiger partial charge is 0.342 e. The molecule has 3 amide bonds. The highest BCUT2D eigenvalue weighted by Gasteiger charge is 2.38. The smallest absolute Gasteiger partial charge is 0.273 e. The van der Waals surface area contributed by atoms with Gasteiger partial charge in [-0.15, -0.1) is 11.3 Å². The predicted molar refractivity (Wildman–Crippen MR) is 101 cm³/mol. The summed E-state index contributed by atoms with van der Waals surface area (Å²) in [6, 6.07) is 0. The molecular weight excluding hydrogens is 364 g/mol. The molecule has 3 aliphatic rings. The maximum absolute atomic E-state index is 12.6. The Morgan fingerprint density at radius 3 is 2.52 bits per heavy atom. The van der Waals surface area contributed by atoms with E-state index in [4.69, 9.17) is 0 Å². The van der Waals surface area contributed by atoms with Crippen molar-refractivity contribution < 1.29 is 14.4 Å². The minimum absolute atomic E-state index is 0.00298. The summed E-state index contributed by atoms with van der Waals surface area (Å²) in [5, 5.41) is 1.79. The molecule has 3 fully saturated rings. The lowest BCUT2D eigenvalue weighted by atomic mass is 9.96. The quantitative estimate of drug-likeness (QED) is 0.780. The van der Waals surface area contributed by atoms with Crippen molar-refractivity contribution in [3.05, 3.63) is 16.6 Å². The third kappa shape index (κ3) is 4.00. The summed E-state index contributed by atoms with van der Waals surface area (Å²) in [5.74, 6) is 0.500. The van der Waals surface area contributed by atoms with Gasteiger partial charge in [0.15, 0.2) is 0 Å². The number of carbonyl (C=O) groups excluding carboxylic acids is 3. The number of hydrogen-bond acceptors (Lipinski definition) is 5. The van der Waals surface area contributed by atoms with Gasteiger partial charge in [-0.05, 0) is 31.6 Å². The van der Waals surface area contributed by atoms with Crippen LogP contribution in [-0.4, -0.2) is 76.7 Å². The van der Waals surface area contributed by atoms with Crippen molar-refractivity contribution >= 4 is 29.1 Å². The van der Waals surface area contributed by atoms with Crippen molar-refractivity contribution in [2.45, 2.75) is 32.1 Å². The van der Waals surface area contributed by atoms with Gasteiger partial charge in [0.25, 0.3) is 5.91 Å². The number of aromatic nitrogens is 1. The van der Waals surface area contributed by atoms with Gasteiger partial charge in [-0.3, -0.25) is 14.4 Å². The van der Waals surface area contributed by atoms with E-state index in [1.807, 2.05) is 14.7 Å². The summed E-state index contributed by atoms with van der Waals surface area (Å²) in [4.78, 5) is 47.1. The topological polar surface area (TPSA) is 73.8 Å². The lowest BCUT2D eigenvalue weighted by molar-refractivity contribution is -0.134. The van der Waals surface area contributed by atoms with Crippen LogP contribution in [0.15, 0.2) is 10.9 Å². The Morgan fingerprint density at radius 2 is 1.85 bits per heavy atom. The van der Waals surface area contributed by atoms with Gasteiger partial charge in [-0.2, -0.15) is 0 Å². The number of piperidine rings is 1. The molecule has 0 radical (unpaired) electrons. The van der Waals surface area contributed by atoms with E-state index < -0.39 is 0 Å². The number of thiazole rings is 1. The SMILES string of the molecule is O=C1CC(C(=O)N2CCCC2)CN1CC1CCN(C(=O)c2cscn2)CC1.